The van der Waals surface area contributed by atoms with Crippen LogP contribution in [0, 0.1) is 0 Å². The molecule has 0 spiro atoms. The number of anilines is 1. The van der Waals surface area contributed by atoms with Gasteiger partial charge in [-0.05, 0) is 57.8 Å². The Kier molecular flexibility index (Phi) is 7.37. The van der Waals surface area contributed by atoms with Gasteiger partial charge in [0.15, 0.2) is 5.11 Å². The molecule has 2 N–H and O–H groups in total. The summed E-state index contributed by atoms with van der Waals surface area (Å²) in [5, 5.41) is 7.09. The maximum Gasteiger partial charge on any atom is 0.170 e. The average molecular weight is 265 g/mol. The molecule has 0 fully saturated rings. The predicted octanol–water partition coefficient (Wildman–Crippen LogP) is 2.70. The molecule has 0 aliphatic rings. The number of hydrogen-bond acceptors (Lipinski definition) is 2. The third-order valence-corrected chi connectivity index (χ3v) is 2.85. The summed E-state index contributed by atoms with van der Waals surface area (Å²) in [4.78, 5) is 2.22. The minimum Gasteiger partial charge on any atom is -0.362 e. The van der Waals surface area contributed by atoms with Crippen LogP contribution in [0.1, 0.15) is 19.3 Å². The fourth-order valence-electron chi connectivity index (χ4n) is 1.63. The standard InChI is InChI=1S/C14H23N3S/c1-17(2)12-8-4-7-11-15-14(18)16-13-9-5-3-6-10-13/h3,5-6,9-10H,4,7-8,11-12H2,1-2H3,(H2,15,16,18). The first-order valence-electron chi connectivity index (χ1n) is 6.43. The van der Waals surface area contributed by atoms with E-state index >= 15 is 0 Å². The molecule has 0 saturated carbocycles. The van der Waals surface area contributed by atoms with E-state index in [0.717, 1.165) is 25.2 Å². The highest BCUT2D eigenvalue weighted by Gasteiger charge is 1.96. The van der Waals surface area contributed by atoms with E-state index in [-0.39, 0.29) is 0 Å². The van der Waals surface area contributed by atoms with E-state index in [0.29, 0.717) is 5.11 Å². The summed E-state index contributed by atoms with van der Waals surface area (Å²) in [5.74, 6) is 0. The highest BCUT2D eigenvalue weighted by Crippen LogP contribution is 2.04. The molecule has 0 heterocycles. The van der Waals surface area contributed by atoms with Gasteiger partial charge < -0.3 is 15.5 Å². The summed E-state index contributed by atoms with van der Waals surface area (Å²) in [5.41, 5.74) is 1.03. The van der Waals surface area contributed by atoms with Gasteiger partial charge in [0.2, 0.25) is 0 Å². The van der Waals surface area contributed by atoms with Gasteiger partial charge in [0, 0.05) is 12.2 Å². The van der Waals surface area contributed by atoms with Crippen LogP contribution in [-0.2, 0) is 0 Å². The Labute approximate surface area is 116 Å². The lowest BCUT2D eigenvalue weighted by Crippen LogP contribution is -2.29. The van der Waals surface area contributed by atoms with Crippen LogP contribution in [0.3, 0.4) is 0 Å². The van der Waals surface area contributed by atoms with Gasteiger partial charge in [-0.1, -0.05) is 24.6 Å². The molecule has 4 heteroatoms. The van der Waals surface area contributed by atoms with Crippen molar-refractivity contribution in [2.75, 3.05) is 32.5 Å². The molecule has 18 heavy (non-hydrogen) atoms. The van der Waals surface area contributed by atoms with Crippen molar-refractivity contribution in [1.29, 1.82) is 0 Å². The van der Waals surface area contributed by atoms with Gasteiger partial charge in [-0.3, -0.25) is 0 Å². The predicted molar refractivity (Wildman–Crippen MR) is 83.1 cm³/mol. The zero-order valence-corrected chi connectivity index (χ0v) is 12.1. The van der Waals surface area contributed by atoms with E-state index in [9.17, 15) is 0 Å². The smallest absolute Gasteiger partial charge is 0.170 e. The Hall–Kier alpha value is -1.13. The van der Waals surface area contributed by atoms with E-state index in [4.69, 9.17) is 12.2 Å². The fourth-order valence-corrected chi connectivity index (χ4v) is 1.85. The van der Waals surface area contributed by atoms with E-state index in [2.05, 4.69) is 29.6 Å². The third-order valence-electron chi connectivity index (χ3n) is 2.60. The van der Waals surface area contributed by atoms with Gasteiger partial charge in [0.1, 0.15) is 0 Å². The van der Waals surface area contributed by atoms with Gasteiger partial charge in [0.25, 0.3) is 0 Å². The number of hydrogen-bond donors (Lipinski definition) is 2. The van der Waals surface area contributed by atoms with Gasteiger partial charge in [0.05, 0.1) is 0 Å². The summed E-state index contributed by atoms with van der Waals surface area (Å²) in [6.45, 7) is 2.10. The van der Waals surface area contributed by atoms with Crippen molar-refractivity contribution in [2.24, 2.45) is 0 Å². The zero-order valence-electron chi connectivity index (χ0n) is 11.3. The lowest BCUT2D eigenvalue weighted by atomic mass is 10.2. The molecule has 0 saturated heterocycles. The Bertz CT molecular complexity index is 338. The Morgan fingerprint density at radius 1 is 1.11 bits per heavy atom. The Morgan fingerprint density at radius 2 is 1.83 bits per heavy atom. The van der Waals surface area contributed by atoms with Crippen molar-refractivity contribution in [3.8, 4) is 0 Å². The van der Waals surface area contributed by atoms with Crippen molar-refractivity contribution in [3.05, 3.63) is 30.3 Å². The number of thiocarbonyl (C=S) groups is 1. The van der Waals surface area contributed by atoms with E-state index in [1.54, 1.807) is 0 Å². The number of nitrogens with one attached hydrogen (secondary N) is 2. The number of rotatable bonds is 7. The molecule has 0 atom stereocenters. The molecule has 0 aliphatic carbocycles. The topological polar surface area (TPSA) is 27.3 Å². The monoisotopic (exact) mass is 265 g/mol. The molecule has 0 unspecified atom stereocenters. The van der Waals surface area contributed by atoms with Crippen LogP contribution in [0.15, 0.2) is 30.3 Å². The fraction of sp³-hybridized carbons (Fsp3) is 0.500. The lowest BCUT2D eigenvalue weighted by Gasteiger charge is -2.11. The van der Waals surface area contributed by atoms with E-state index < -0.39 is 0 Å². The SMILES string of the molecule is CN(C)CCCCCNC(=S)Nc1ccccc1. The van der Waals surface area contributed by atoms with Gasteiger partial charge in [-0.2, -0.15) is 0 Å². The summed E-state index contributed by atoms with van der Waals surface area (Å²) >= 11 is 5.23. The first kappa shape index (κ1) is 14.9. The minimum absolute atomic E-state index is 0.703. The Balaban J connectivity index is 2.04. The summed E-state index contributed by atoms with van der Waals surface area (Å²) in [7, 11) is 4.22. The molecule has 1 aromatic carbocycles. The van der Waals surface area contributed by atoms with Crippen molar-refractivity contribution in [2.45, 2.75) is 19.3 Å². The van der Waals surface area contributed by atoms with Crippen LogP contribution < -0.4 is 10.6 Å². The average Bonchev–Trinajstić information content (AvgIpc) is 2.34. The normalized spacial score (nSPS) is 10.4. The second-order valence-corrected chi connectivity index (χ2v) is 5.02. The number of benzene rings is 1. The Morgan fingerprint density at radius 3 is 2.50 bits per heavy atom. The van der Waals surface area contributed by atoms with Gasteiger partial charge >= 0.3 is 0 Å². The third kappa shape index (κ3) is 7.25. The summed E-state index contributed by atoms with van der Waals surface area (Å²) < 4.78 is 0. The van der Waals surface area contributed by atoms with Crippen molar-refractivity contribution in [3.63, 3.8) is 0 Å². The second kappa shape index (κ2) is 8.89. The molecule has 0 aliphatic heterocycles. The van der Waals surface area contributed by atoms with Crippen LogP contribution in [0.4, 0.5) is 5.69 Å². The molecule has 0 radical (unpaired) electrons. The molecule has 1 rings (SSSR count). The van der Waals surface area contributed by atoms with E-state index in [1.807, 2.05) is 30.3 Å². The number of para-hydroxylation sites is 1. The van der Waals surface area contributed by atoms with Crippen LogP contribution in [0.2, 0.25) is 0 Å². The summed E-state index contributed by atoms with van der Waals surface area (Å²) in [6.07, 6.45) is 3.64. The van der Waals surface area contributed by atoms with Gasteiger partial charge in [-0.25, -0.2) is 0 Å². The maximum atomic E-state index is 5.23. The maximum absolute atomic E-state index is 5.23. The quantitative estimate of drug-likeness (QED) is 0.585. The molecule has 0 amide bonds. The van der Waals surface area contributed by atoms with Gasteiger partial charge in [-0.15, -0.1) is 0 Å². The highest BCUT2D eigenvalue weighted by atomic mass is 32.1. The molecule has 0 bridgehead atoms. The number of nitrogens with zero attached hydrogens (tertiary/aromatic N) is 1. The van der Waals surface area contributed by atoms with E-state index in [1.165, 1.54) is 12.8 Å². The molecule has 100 valence electrons. The molecule has 3 nitrogen and oxygen atoms in total. The number of unbranched alkanes of at least 4 members (excludes halogenated alkanes) is 2. The van der Waals surface area contributed by atoms with Crippen molar-refractivity contribution >= 4 is 23.0 Å². The van der Waals surface area contributed by atoms with Crippen LogP contribution in [0.5, 0.6) is 0 Å². The van der Waals surface area contributed by atoms with Crippen LogP contribution >= 0.6 is 12.2 Å². The minimum atomic E-state index is 0.703. The lowest BCUT2D eigenvalue weighted by molar-refractivity contribution is 0.391. The largest absolute Gasteiger partial charge is 0.362 e. The first-order chi connectivity index (χ1) is 8.68. The summed E-state index contributed by atoms with van der Waals surface area (Å²) in [6, 6.07) is 9.99. The first-order valence-corrected chi connectivity index (χ1v) is 6.84. The molecular formula is C14H23N3S. The van der Waals surface area contributed by atoms with Crippen molar-refractivity contribution in [1.82, 2.24) is 10.2 Å². The molecular weight excluding hydrogens is 242 g/mol. The van der Waals surface area contributed by atoms with Crippen LogP contribution in [-0.4, -0.2) is 37.2 Å². The van der Waals surface area contributed by atoms with Crippen LogP contribution in [0.25, 0.3) is 0 Å². The second-order valence-electron chi connectivity index (χ2n) is 4.61. The van der Waals surface area contributed by atoms with Crippen molar-refractivity contribution < 1.29 is 0 Å². The molecule has 0 aromatic heterocycles. The molecule has 1 aromatic rings. The zero-order chi connectivity index (χ0) is 13.2. The highest BCUT2D eigenvalue weighted by molar-refractivity contribution is 7.80.